The standard InChI is InChI=1S/C20H25N3S/c1-12(2)21-19-23-18(11-24-19)17-10-15(20(4,5)6)14-8-7-13(3)9-16(14)22-17/h7-12H,1-6H3,(H,21,23). The van der Waals surface area contributed by atoms with Gasteiger partial charge in [0.2, 0.25) is 0 Å². The van der Waals surface area contributed by atoms with Crippen LogP contribution in [0, 0.1) is 6.92 Å². The van der Waals surface area contributed by atoms with Crippen molar-refractivity contribution in [1.82, 2.24) is 9.97 Å². The monoisotopic (exact) mass is 339 g/mol. The Hall–Kier alpha value is -1.94. The zero-order chi connectivity index (χ0) is 17.5. The van der Waals surface area contributed by atoms with Crippen LogP contribution in [0.5, 0.6) is 0 Å². The second-order valence-electron chi connectivity index (χ2n) is 7.66. The fourth-order valence-electron chi connectivity index (χ4n) is 2.79. The van der Waals surface area contributed by atoms with E-state index in [9.17, 15) is 0 Å². The summed E-state index contributed by atoms with van der Waals surface area (Å²) in [5.41, 5.74) is 5.54. The smallest absolute Gasteiger partial charge is 0.183 e. The van der Waals surface area contributed by atoms with E-state index < -0.39 is 0 Å². The van der Waals surface area contributed by atoms with Gasteiger partial charge in [-0.25, -0.2) is 9.97 Å². The van der Waals surface area contributed by atoms with E-state index in [0.29, 0.717) is 6.04 Å². The molecule has 126 valence electrons. The van der Waals surface area contributed by atoms with E-state index in [0.717, 1.165) is 22.0 Å². The average molecular weight is 340 g/mol. The second kappa shape index (κ2) is 6.17. The van der Waals surface area contributed by atoms with Gasteiger partial charge in [-0.1, -0.05) is 32.9 Å². The van der Waals surface area contributed by atoms with Crippen molar-refractivity contribution >= 4 is 27.4 Å². The zero-order valence-electron chi connectivity index (χ0n) is 15.3. The van der Waals surface area contributed by atoms with Gasteiger partial charge < -0.3 is 5.32 Å². The molecule has 0 aliphatic rings. The van der Waals surface area contributed by atoms with Crippen molar-refractivity contribution in [3.05, 3.63) is 40.8 Å². The third kappa shape index (κ3) is 3.44. The Labute approximate surface area is 148 Å². The number of nitrogens with zero attached hydrogens (tertiary/aromatic N) is 2. The van der Waals surface area contributed by atoms with Crippen LogP contribution < -0.4 is 5.32 Å². The lowest BCUT2D eigenvalue weighted by Crippen LogP contribution is -2.12. The minimum atomic E-state index is 0.0558. The molecule has 3 rings (SSSR count). The SMILES string of the molecule is Cc1ccc2c(C(C)(C)C)cc(-c3csc(NC(C)C)n3)nc2c1. The van der Waals surface area contributed by atoms with Crippen LogP contribution in [0.1, 0.15) is 45.7 Å². The van der Waals surface area contributed by atoms with Gasteiger partial charge in [0.05, 0.1) is 11.2 Å². The highest BCUT2D eigenvalue weighted by Crippen LogP contribution is 2.34. The number of anilines is 1. The lowest BCUT2D eigenvalue weighted by Gasteiger charge is -2.22. The Morgan fingerprint density at radius 3 is 2.46 bits per heavy atom. The van der Waals surface area contributed by atoms with Crippen LogP contribution in [0.25, 0.3) is 22.3 Å². The third-order valence-electron chi connectivity index (χ3n) is 3.95. The lowest BCUT2D eigenvalue weighted by molar-refractivity contribution is 0.595. The first-order chi connectivity index (χ1) is 11.2. The first-order valence-electron chi connectivity index (χ1n) is 8.38. The van der Waals surface area contributed by atoms with Gasteiger partial charge in [-0.2, -0.15) is 0 Å². The summed E-state index contributed by atoms with van der Waals surface area (Å²) in [7, 11) is 0. The van der Waals surface area contributed by atoms with Crippen LogP contribution in [0.15, 0.2) is 29.6 Å². The van der Waals surface area contributed by atoms with Crippen molar-refractivity contribution < 1.29 is 0 Å². The topological polar surface area (TPSA) is 37.8 Å². The molecule has 1 aromatic carbocycles. The van der Waals surface area contributed by atoms with Crippen LogP contribution in [-0.2, 0) is 5.41 Å². The van der Waals surface area contributed by atoms with Gasteiger partial charge in [-0.3, -0.25) is 0 Å². The van der Waals surface area contributed by atoms with Gasteiger partial charge in [0, 0.05) is 16.8 Å². The maximum absolute atomic E-state index is 4.89. The minimum absolute atomic E-state index is 0.0558. The quantitative estimate of drug-likeness (QED) is 0.657. The van der Waals surface area contributed by atoms with E-state index in [4.69, 9.17) is 9.97 Å². The number of thiazole rings is 1. The number of aryl methyl sites for hydroxylation is 1. The summed E-state index contributed by atoms with van der Waals surface area (Å²) in [6, 6.07) is 9.09. The van der Waals surface area contributed by atoms with E-state index in [1.165, 1.54) is 16.5 Å². The Morgan fingerprint density at radius 1 is 1.04 bits per heavy atom. The number of hydrogen-bond donors (Lipinski definition) is 1. The molecular formula is C20H25N3S. The predicted molar refractivity (Wildman–Crippen MR) is 105 cm³/mol. The van der Waals surface area contributed by atoms with Crippen LogP contribution in [0.2, 0.25) is 0 Å². The molecule has 0 bridgehead atoms. The molecule has 0 aliphatic carbocycles. The highest BCUT2D eigenvalue weighted by Gasteiger charge is 2.20. The normalized spacial score (nSPS) is 12.1. The van der Waals surface area contributed by atoms with Crippen molar-refractivity contribution in [2.24, 2.45) is 0 Å². The number of aromatic nitrogens is 2. The summed E-state index contributed by atoms with van der Waals surface area (Å²) in [6.07, 6.45) is 0. The Bertz CT molecular complexity index is 872. The molecule has 4 heteroatoms. The first kappa shape index (κ1) is 16.9. The second-order valence-corrected chi connectivity index (χ2v) is 8.52. The van der Waals surface area contributed by atoms with Crippen molar-refractivity contribution in [3.8, 4) is 11.4 Å². The summed E-state index contributed by atoms with van der Waals surface area (Å²) >= 11 is 1.63. The van der Waals surface area contributed by atoms with Crippen molar-refractivity contribution in [3.63, 3.8) is 0 Å². The molecule has 0 unspecified atom stereocenters. The lowest BCUT2D eigenvalue weighted by atomic mass is 9.84. The maximum Gasteiger partial charge on any atom is 0.183 e. The molecule has 1 N–H and O–H groups in total. The van der Waals surface area contributed by atoms with Gasteiger partial charge in [-0.15, -0.1) is 11.3 Å². The largest absolute Gasteiger partial charge is 0.359 e. The molecule has 0 radical (unpaired) electrons. The van der Waals surface area contributed by atoms with Gasteiger partial charge >= 0.3 is 0 Å². The van der Waals surface area contributed by atoms with E-state index in [-0.39, 0.29) is 5.41 Å². The molecule has 0 amide bonds. The Balaban J connectivity index is 2.16. The Morgan fingerprint density at radius 2 is 1.79 bits per heavy atom. The van der Waals surface area contributed by atoms with E-state index in [2.05, 4.69) is 76.5 Å². The molecule has 0 saturated heterocycles. The van der Waals surface area contributed by atoms with Crippen LogP contribution in [0.3, 0.4) is 0 Å². The highest BCUT2D eigenvalue weighted by molar-refractivity contribution is 7.14. The zero-order valence-corrected chi connectivity index (χ0v) is 16.1. The summed E-state index contributed by atoms with van der Waals surface area (Å²) in [4.78, 5) is 9.61. The van der Waals surface area contributed by atoms with Crippen molar-refractivity contribution in [2.75, 3.05) is 5.32 Å². The predicted octanol–water partition coefficient (Wildman–Crippen LogP) is 5.78. The van der Waals surface area contributed by atoms with E-state index in [1.54, 1.807) is 11.3 Å². The van der Waals surface area contributed by atoms with Crippen LogP contribution >= 0.6 is 11.3 Å². The molecular weight excluding hydrogens is 314 g/mol. The Kier molecular flexibility index (Phi) is 4.35. The van der Waals surface area contributed by atoms with Crippen molar-refractivity contribution in [1.29, 1.82) is 0 Å². The maximum atomic E-state index is 4.89. The molecule has 3 nitrogen and oxygen atoms in total. The molecule has 0 fully saturated rings. The van der Waals surface area contributed by atoms with Gasteiger partial charge in [-0.05, 0) is 49.4 Å². The number of rotatable bonds is 3. The molecule has 2 heterocycles. The third-order valence-corrected chi connectivity index (χ3v) is 4.73. The fourth-order valence-corrected chi connectivity index (χ4v) is 3.65. The summed E-state index contributed by atoms with van der Waals surface area (Å²) in [5.74, 6) is 0. The molecule has 0 spiro atoms. The van der Waals surface area contributed by atoms with Gasteiger partial charge in [0.1, 0.15) is 5.69 Å². The number of hydrogen-bond acceptors (Lipinski definition) is 4. The molecule has 0 aliphatic heterocycles. The number of benzene rings is 1. The van der Waals surface area contributed by atoms with E-state index in [1.807, 2.05) is 0 Å². The molecule has 3 aromatic rings. The first-order valence-corrected chi connectivity index (χ1v) is 9.26. The minimum Gasteiger partial charge on any atom is -0.359 e. The van der Waals surface area contributed by atoms with Gasteiger partial charge in [0.25, 0.3) is 0 Å². The molecule has 0 saturated carbocycles. The number of fused-ring (bicyclic) bond motifs is 1. The highest BCUT2D eigenvalue weighted by atomic mass is 32.1. The van der Waals surface area contributed by atoms with Crippen LogP contribution in [0.4, 0.5) is 5.13 Å². The average Bonchev–Trinajstić information content (AvgIpc) is 2.92. The van der Waals surface area contributed by atoms with Crippen molar-refractivity contribution in [2.45, 2.75) is 53.0 Å². The molecule has 0 atom stereocenters. The number of pyridine rings is 1. The summed E-state index contributed by atoms with van der Waals surface area (Å²) in [6.45, 7) is 13.1. The van der Waals surface area contributed by atoms with Crippen LogP contribution in [-0.4, -0.2) is 16.0 Å². The fraction of sp³-hybridized carbons (Fsp3) is 0.400. The summed E-state index contributed by atoms with van der Waals surface area (Å²) in [5, 5.41) is 7.63. The molecule has 24 heavy (non-hydrogen) atoms. The number of nitrogens with one attached hydrogen (secondary N) is 1. The van der Waals surface area contributed by atoms with E-state index >= 15 is 0 Å². The molecule has 2 aromatic heterocycles. The summed E-state index contributed by atoms with van der Waals surface area (Å²) < 4.78 is 0. The van der Waals surface area contributed by atoms with Gasteiger partial charge in [0.15, 0.2) is 5.13 Å².